The van der Waals surface area contributed by atoms with E-state index in [4.69, 9.17) is 5.73 Å². The van der Waals surface area contributed by atoms with Crippen molar-refractivity contribution in [3.8, 4) is 0 Å². The number of nitrogens with two attached hydrogens (primary N) is 1. The Hall–Kier alpha value is -1.23. The van der Waals surface area contributed by atoms with E-state index in [1.165, 1.54) is 18.2 Å². The minimum Gasteiger partial charge on any atom is -0.398 e. The summed E-state index contributed by atoms with van der Waals surface area (Å²) >= 11 is 0. The Bertz CT molecular complexity index is 311. The van der Waals surface area contributed by atoms with Crippen molar-refractivity contribution in [1.82, 2.24) is 0 Å². The summed E-state index contributed by atoms with van der Waals surface area (Å²) in [4.78, 5) is 0. The normalized spacial score (nSPS) is 14.0. The van der Waals surface area contributed by atoms with Crippen LogP contribution in [0.3, 0.4) is 0 Å². The van der Waals surface area contributed by atoms with Crippen LogP contribution in [0.2, 0.25) is 0 Å². The minimum atomic E-state index is -4.44. The molecule has 0 radical (unpaired) electrons. The fraction of sp³-hybridized carbons (Fsp3) is 0.333. The molecule has 0 bridgehead atoms. The standard InChI is InChI=1S/C9H10F3NO/c1-14-8(9(10,11)12)6-4-2-3-5-7(6)13/h2-5,8H,13H2,1H3. The Morgan fingerprint density at radius 1 is 1.29 bits per heavy atom. The second kappa shape index (κ2) is 3.88. The zero-order valence-electron chi connectivity index (χ0n) is 7.51. The van der Waals surface area contributed by atoms with Gasteiger partial charge in [0.15, 0.2) is 6.10 Å². The number of nitrogen functional groups attached to an aromatic ring is 1. The molecule has 0 amide bonds. The first-order valence-corrected chi connectivity index (χ1v) is 3.90. The van der Waals surface area contributed by atoms with E-state index >= 15 is 0 Å². The summed E-state index contributed by atoms with van der Waals surface area (Å²) in [5, 5.41) is 0. The van der Waals surface area contributed by atoms with Crippen LogP contribution in [0.15, 0.2) is 24.3 Å². The van der Waals surface area contributed by atoms with Gasteiger partial charge in [0.25, 0.3) is 0 Å². The van der Waals surface area contributed by atoms with Crippen molar-refractivity contribution in [3.63, 3.8) is 0 Å². The molecule has 0 fully saturated rings. The fourth-order valence-electron chi connectivity index (χ4n) is 1.19. The van der Waals surface area contributed by atoms with Gasteiger partial charge in [-0.25, -0.2) is 0 Å². The molecule has 1 atom stereocenters. The zero-order chi connectivity index (χ0) is 10.8. The topological polar surface area (TPSA) is 35.2 Å². The van der Waals surface area contributed by atoms with E-state index in [-0.39, 0.29) is 11.3 Å². The van der Waals surface area contributed by atoms with Gasteiger partial charge in [0.05, 0.1) is 0 Å². The van der Waals surface area contributed by atoms with Gasteiger partial charge < -0.3 is 10.5 Å². The van der Waals surface area contributed by atoms with E-state index in [9.17, 15) is 13.2 Å². The van der Waals surface area contributed by atoms with Crippen LogP contribution >= 0.6 is 0 Å². The third kappa shape index (κ3) is 2.17. The maximum atomic E-state index is 12.4. The summed E-state index contributed by atoms with van der Waals surface area (Å²) in [7, 11) is 1.00. The van der Waals surface area contributed by atoms with Crippen molar-refractivity contribution in [2.75, 3.05) is 12.8 Å². The van der Waals surface area contributed by atoms with E-state index in [2.05, 4.69) is 4.74 Å². The molecule has 1 aromatic rings. The number of anilines is 1. The molecule has 5 heteroatoms. The first-order valence-electron chi connectivity index (χ1n) is 3.90. The van der Waals surface area contributed by atoms with Crippen LogP contribution in [-0.2, 0) is 4.74 Å². The first-order chi connectivity index (χ1) is 6.46. The van der Waals surface area contributed by atoms with Crippen molar-refractivity contribution in [2.24, 2.45) is 0 Å². The van der Waals surface area contributed by atoms with Crippen LogP contribution in [0.4, 0.5) is 18.9 Å². The average molecular weight is 205 g/mol. The van der Waals surface area contributed by atoms with Gasteiger partial charge in [-0.15, -0.1) is 0 Å². The summed E-state index contributed by atoms with van der Waals surface area (Å²) in [6, 6.07) is 5.77. The SMILES string of the molecule is COC(c1ccccc1N)C(F)(F)F. The average Bonchev–Trinajstić information content (AvgIpc) is 2.07. The van der Waals surface area contributed by atoms with Crippen LogP contribution in [0.1, 0.15) is 11.7 Å². The summed E-state index contributed by atoms with van der Waals surface area (Å²) in [6.45, 7) is 0. The van der Waals surface area contributed by atoms with Crippen molar-refractivity contribution in [2.45, 2.75) is 12.3 Å². The Morgan fingerprint density at radius 3 is 2.29 bits per heavy atom. The fourth-order valence-corrected chi connectivity index (χ4v) is 1.19. The molecule has 2 nitrogen and oxygen atoms in total. The lowest BCUT2D eigenvalue weighted by Gasteiger charge is -2.20. The third-order valence-electron chi connectivity index (χ3n) is 1.81. The van der Waals surface area contributed by atoms with Gasteiger partial charge in [-0.05, 0) is 6.07 Å². The number of rotatable bonds is 2. The highest BCUT2D eigenvalue weighted by Crippen LogP contribution is 2.37. The van der Waals surface area contributed by atoms with Gasteiger partial charge in [-0.3, -0.25) is 0 Å². The molecule has 0 aliphatic rings. The molecule has 0 aliphatic carbocycles. The number of benzene rings is 1. The maximum absolute atomic E-state index is 12.4. The predicted octanol–water partition coefficient (Wildman–Crippen LogP) is 2.52. The molecule has 0 saturated carbocycles. The molecule has 78 valence electrons. The quantitative estimate of drug-likeness (QED) is 0.753. The van der Waals surface area contributed by atoms with Gasteiger partial charge in [-0.2, -0.15) is 13.2 Å². The summed E-state index contributed by atoms with van der Waals surface area (Å²) < 4.78 is 41.6. The lowest BCUT2D eigenvalue weighted by atomic mass is 10.1. The zero-order valence-corrected chi connectivity index (χ0v) is 7.51. The first kappa shape index (κ1) is 10.8. The van der Waals surface area contributed by atoms with Crippen molar-refractivity contribution >= 4 is 5.69 Å². The number of methoxy groups -OCH3 is 1. The van der Waals surface area contributed by atoms with Gasteiger partial charge >= 0.3 is 6.18 Å². The number of ether oxygens (including phenoxy) is 1. The van der Waals surface area contributed by atoms with E-state index in [0.29, 0.717) is 0 Å². The van der Waals surface area contributed by atoms with Crippen molar-refractivity contribution in [1.29, 1.82) is 0 Å². The smallest absolute Gasteiger partial charge is 0.398 e. The number of alkyl halides is 3. The largest absolute Gasteiger partial charge is 0.418 e. The Balaban J connectivity index is 3.08. The highest BCUT2D eigenvalue weighted by molar-refractivity contribution is 5.48. The highest BCUT2D eigenvalue weighted by Gasteiger charge is 2.41. The van der Waals surface area contributed by atoms with Gasteiger partial charge in [0, 0.05) is 18.4 Å². The molecule has 0 saturated heterocycles. The van der Waals surface area contributed by atoms with Crippen molar-refractivity contribution in [3.05, 3.63) is 29.8 Å². The molecule has 1 aromatic carbocycles. The molecular weight excluding hydrogens is 195 g/mol. The van der Waals surface area contributed by atoms with Gasteiger partial charge in [-0.1, -0.05) is 18.2 Å². The third-order valence-corrected chi connectivity index (χ3v) is 1.81. The second-order valence-corrected chi connectivity index (χ2v) is 2.79. The number of hydrogen-bond acceptors (Lipinski definition) is 2. The van der Waals surface area contributed by atoms with Gasteiger partial charge in [0.1, 0.15) is 0 Å². The second-order valence-electron chi connectivity index (χ2n) is 2.79. The van der Waals surface area contributed by atoms with Crippen LogP contribution in [0.25, 0.3) is 0 Å². The summed E-state index contributed by atoms with van der Waals surface area (Å²) in [6.07, 6.45) is -6.40. The lowest BCUT2D eigenvalue weighted by Crippen LogP contribution is -2.23. The summed E-state index contributed by atoms with van der Waals surface area (Å²) in [5.41, 5.74) is 5.44. The molecular formula is C9H10F3NO. The molecule has 0 aliphatic heterocycles. The molecule has 1 unspecified atom stereocenters. The van der Waals surface area contributed by atoms with E-state index in [0.717, 1.165) is 7.11 Å². The van der Waals surface area contributed by atoms with Crippen LogP contribution in [0, 0.1) is 0 Å². The van der Waals surface area contributed by atoms with Crippen molar-refractivity contribution < 1.29 is 17.9 Å². The number of para-hydroxylation sites is 1. The molecule has 0 heterocycles. The van der Waals surface area contributed by atoms with Gasteiger partial charge in [0.2, 0.25) is 0 Å². The maximum Gasteiger partial charge on any atom is 0.418 e. The molecule has 14 heavy (non-hydrogen) atoms. The molecule has 1 rings (SSSR count). The van der Waals surface area contributed by atoms with Crippen LogP contribution in [0.5, 0.6) is 0 Å². The molecule has 2 N–H and O–H groups in total. The summed E-state index contributed by atoms with van der Waals surface area (Å²) in [5.74, 6) is 0. The molecule has 0 spiro atoms. The van der Waals surface area contributed by atoms with E-state index in [1.807, 2.05) is 0 Å². The van der Waals surface area contributed by atoms with E-state index < -0.39 is 12.3 Å². The Labute approximate surface area is 79.5 Å². The number of hydrogen-bond donors (Lipinski definition) is 1. The monoisotopic (exact) mass is 205 g/mol. The highest BCUT2D eigenvalue weighted by atomic mass is 19.4. The van der Waals surface area contributed by atoms with Crippen LogP contribution < -0.4 is 5.73 Å². The predicted molar refractivity (Wildman–Crippen MR) is 46.7 cm³/mol. The van der Waals surface area contributed by atoms with Crippen LogP contribution in [-0.4, -0.2) is 13.3 Å². The van der Waals surface area contributed by atoms with E-state index in [1.54, 1.807) is 6.07 Å². The Morgan fingerprint density at radius 2 is 1.86 bits per heavy atom. The lowest BCUT2D eigenvalue weighted by molar-refractivity contribution is -0.215. The molecule has 0 aromatic heterocycles. The minimum absolute atomic E-state index is 0.0532. The number of halogens is 3. The Kier molecular flexibility index (Phi) is 3.00.